The van der Waals surface area contributed by atoms with Crippen molar-refractivity contribution in [2.24, 2.45) is 0 Å². The quantitative estimate of drug-likeness (QED) is 0.632. The molecular weight excluding hydrogens is 306 g/mol. The number of aromatic nitrogens is 2. The zero-order valence-electron chi connectivity index (χ0n) is 12.3. The molecule has 0 amide bonds. The Balaban J connectivity index is 2.37. The normalized spacial score (nSPS) is 10.7. The van der Waals surface area contributed by atoms with E-state index in [1.807, 2.05) is 0 Å². The average Bonchev–Trinajstić information content (AvgIpc) is 2.51. The Morgan fingerprint density at radius 1 is 1.22 bits per heavy atom. The van der Waals surface area contributed by atoms with E-state index >= 15 is 0 Å². The van der Waals surface area contributed by atoms with Crippen molar-refractivity contribution in [3.63, 3.8) is 0 Å². The number of aromatic hydroxyl groups is 1. The van der Waals surface area contributed by atoms with E-state index in [4.69, 9.17) is 9.47 Å². The maximum atomic E-state index is 11.5. The molecular formula is C14H13N3O6. The van der Waals surface area contributed by atoms with Gasteiger partial charge in [-0.05, 0) is 23.8 Å². The topological polar surface area (TPSA) is 128 Å². The van der Waals surface area contributed by atoms with Crippen LogP contribution >= 0.6 is 0 Å². The van der Waals surface area contributed by atoms with Crippen molar-refractivity contribution in [3.8, 4) is 17.4 Å². The Morgan fingerprint density at radius 2 is 1.83 bits per heavy atom. The Morgan fingerprint density at radius 3 is 2.30 bits per heavy atom. The van der Waals surface area contributed by atoms with Gasteiger partial charge in [0.1, 0.15) is 17.3 Å². The van der Waals surface area contributed by atoms with Crippen molar-refractivity contribution in [2.75, 3.05) is 14.2 Å². The number of methoxy groups -OCH3 is 2. The van der Waals surface area contributed by atoms with Gasteiger partial charge in [0.2, 0.25) is 0 Å². The summed E-state index contributed by atoms with van der Waals surface area (Å²) in [4.78, 5) is 26.9. The summed E-state index contributed by atoms with van der Waals surface area (Å²) in [5, 5.41) is 20.1. The van der Waals surface area contributed by atoms with Gasteiger partial charge in [0.15, 0.2) is 0 Å². The molecule has 0 radical (unpaired) electrons. The second-order valence-electron chi connectivity index (χ2n) is 4.36. The van der Waals surface area contributed by atoms with Crippen molar-refractivity contribution < 1.29 is 19.5 Å². The third-order valence-corrected chi connectivity index (χ3v) is 2.88. The SMILES string of the molecule is COc1cc(/C=C/c2nc(O)c([N+](=O)[O-])c(=O)[nH]2)cc(OC)c1. The number of nitrogens with zero attached hydrogens (tertiary/aromatic N) is 2. The van der Waals surface area contributed by atoms with E-state index in [1.54, 1.807) is 24.3 Å². The first-order valence-electron chi connectivity index (χ1n) is 6.33. The van der Waals surface area contributed by atoms with Crippen molar-refractivity contribution in [1.82, 2.24) is 9.97 Å². The van der Waals surface area contributed by atoms with Gasteiger partial charge in [0.05, 0.1) is 19.1 Å². The number of hydrogen-bond acceptors (Lipinski definition) is 7. The summed E-state index contributed by atoms with van der Waals surface area (Å²) in [6.07, 6.45) is 2.97. The molecule has 0 aliphatic heterocycles. The number of nitro groups is 1. The lowest BCUT2D eigenvalue weighted by Gasteiger charge is -2.05. The van der Waals surface area contributed by atoms with Crippen LogP contribution in [-0.2, 0) is 0 Å². The Bertz CT molecular complexity index is 805. The first-order valence-corrected chi connectivity index (χ1v) is 6.33. The molecule has 0 aliphatic carbocycles. The Kier molecular flexibility index (Phi) is 4.60. The lowest BCUT2D eigenvalue weighted by atomic mass is 10.2. The molecule has 2 aromatic rings. The van der Waals surface area contributed by atoms with Crippen LogP contribution in [-0.4, -0.2) is 34.2 Å². The van der Waals surface area contributed by atoms with Crippen molar-refractivity contribution in [2.45, 2.75) is 0 Å². The van der Waals surface area contributed by atoms with Crippen LogP contribution < -0.4 is 15.0 Å². The Hall–Kier alpha value is -3.36. The van der Waals surface area contributed by atoms with Gasteiger partial charge in [-0.2, -0.15) is 4.98 Å². The van der Waals surface area contributed by atoms with Crippen LogP contribution in [0.25, 0.3) is 12.2 Å². The molecule has 0 bridgehead atoms. The molecule has 1 aromatic heterocycles. The minimum absolute atomic E-state index is 0.0279. The number of rotatable bonds is 5. The van der Waals surface area contributed by atoms with E-state index in [0.29, 0.717) is 17.1 Å². The lowest BCUT2D eigenvalue weighted by Crippen LogP contribution is -2.14. The highest BCUT2D eigenvalue weighted by Crippen LogP contribution is 2.24. The highest BCUT2D eigenvalue weighted by Gasteiger charge is 2.21. The molecule has 0 unspecified atom stereocenters. The largest absolute Gasteiger partial charge is 0.497 e. The summed E-state index contributed by atoms with van der Waals surface area (Å²) in [6.45, 7) is 0. The summed E-state index contributed by atoms with van der Waals surface area (Å²) in [5.74, 6) is 0.163. The van der Waals surface area contributed by atoms with E-state index in [2.05, 4.69) is 9.97 Å². The van der Waals surface area contributed by atoms with Gasteiger partial charge in [-0.25, -0.2) is 0 Å². The number of aromatic amines is 1. The summed E-state index contributed by atoms with van der Waals surface area (Å²) < 4.78 is 10.3. The smallest absolute Gasteiger partial charge is 0.395 e. The fourth-order valence-electron chi connectivity index (χ4n) is 1.82. The fourth-order valence-corrected chi connectivity index (χ4v) is 1.82. The molecule has 0 saturated heterocycles. The zero-order valence-corrected chi connectivity index (χ0v) is 12.3. The predicted molar refractivity (Wildman–Crippen MR) is 81.7 cm³/mol. The average molecular weight is 319 g/mol. The first-order chi connectivity index (χ1) is 10.9. The monoisotopic (exact) mass is 319 g/mol. The van der Waals surface area contributed by atoms with Gasteiger partial charge in [0, 0.05) is 6.07 Å². The van der Waals surface area contributed by atoms with Crippen LogP contribution in [0.1, 0.15) is 11.4 Å². The number of ether oxygens (including phenoxy) is 2. The van der Waals surface area contributed by atoms with Gasteiger partial charge in [-0.1, -0.05) is 6.08 Å². The molecule has 23 heavy (non-hydrogen) atoms. The first kappa shape index (κ1) is 16.0. The molecule has 0 saturated carbocycles. The molecule has 0 aliphatic rings. The molecule has 9 heteroatoms. The summed E-state index contributed by atoms with van der Waals surface area (Å²) in [7, 11) is 3.02. The Labute approximate surface area is 130 Å². The molecule has 9 nitrogen and oxygen atoms in total. The number of hydrogen-bond donors (Lipinski definition) is 2. The standard InChI is InChI=1S/C14H13N3O6/c1-22-9-5-8(6-10(7-9)23-2)3-4-11-15-13(18)12(17(20)21)14(19)16-11/h3-7H,1-2H3,(H2,15,16,18,19)/b4-3+. The van der Waals surface area contributed by atoms with Crippen molar-refractivity contribution in [3.05, 3.63) is 50.1 Å². The van der Waals surface area contributed by atoms with Crippen LogP contribution in [0.3, 0.4) is 0 Å². The molecule has 120 valence electrons. The molecule has 0 atom stereocenters. The molecule has 1 heterocycles. The minimum Gasteiger partial charge on any atom is -0.497 e. The van der Waals surface area contributed by atoms with Crippen LogP contribution in [0.5, 0.6) is 17.4 Å². The van der Waals surface area contributed by atoms with Crippen LogP contribution in [0, 0.1) is 10.1 Å². The van der Waals surface area contributed by atoms with E-state index < -0.39 is 22.0 Å². The molecule has 1 aromatic carbocycles. The number of nitrogens with one attached hydrogen (secondary N) is 1. The third-order valence-electron chi connectivity index (χ3n) is 2.88. The minimum atomic E-state index is -1.04. The van der Waals surface area contributed by atoms with Crippen LogP contribution in [0.2, 0.25) is 0 Å². The van der Waals surface area contributed by atoms with E-state index in [-0.39, 0.29) is 5.82 Å². The summed E-state index contributed by atoms with van der Waals surface area (Å²) in [6, 6.07) is 5.11. The zero-order chi connectivity index (χ0) is 17.0. The third kappa shape index (κ3) is 3.64. The van der Waals surface area contributed by atoms with E-state index in [9.17, 15) is 20.0 Å². The summed E-state index contributed by atoms with van der Waals surface area (Å²) in [5.41, 5.74) is -1.35. The van der Waals surface area contributed by atoms with E-state index in [1.165, 1.54) is 20.3 Å². The highest BCUT2D eigenvalue weighted by atomic mass is 16.6. The van der Waals surface area contributed by atoms with Gasteiger partial charge < -0.3 is 19.6 Å². The number of benzene rings is 1. The second-order valence-corrected chi connectivity index (χ2v) is 4.36. The molecule has 2 N–H and O–H groups in total. The molecule has 0 spiro atoms. The van der Waals surface area contributed by atoms with E-state index in [0.717, 1.165) is 0 Å². The van der Waals surface area contributed by atoms with Gasteiger partial charge >= 0.3 is 11.2 Å². The van der Waals surface area contributed by atoms with Gasteiger partial charge in [0.25, 0.3) is 5.88 Å². The maximum Gasteiger partial charge on any atom is 0.395 e. The maximum absolute atomic E-state index is 11.5. The predicted octanol–water partition coefficient (Wildman–Crippen LogP) is 1.57. The second kappa shape index (κ2) is 6.60. The highest BCUT2D eigenvalue weighted by molar-refractivity contribution is 5.68. The molecule has 0 fully saturated rings. The number of H-pyrrole nitrogens is 1. The van der Waals surface area contributed by atoms with Crippen LogP contribution in [0.4, 0.5) is 5.69 Å². The van der Waals surface area contributed by atoms with Crippen molar-refractivity contribution >= 4 is 17.8 Å². The van der Waals surface area contributed by atoms with Gasteiger partial charge in [-0.15, -0.1) is 0 Å². The fraction of sp³-hybridized carbons (Fsp3) is 0.143. The van der Waals surface area contributed by atoms with Crippen LogP contribution in [0.15, 0.2) is 23.0 Å². The lowest BCUT2D eigenvalue weighted by molar-refractivity contribution is -0.387. The molecule has 2 rings (SSSR count). The van der Waals surface area contributed by atoms with Crippen molar-refractivity contribution in [1.29, 1.82) is 0 Å². The van der Waals surface area contributed by atoms with Gasteiger partial charge in [-0.3, -0.25) is 14.9 Å². The summed E-state index contributed by atoms with van der Waals surface area (Å²) >= 11 is 0.